The van der Waals surface area contributed by atoms with Gasteiger partial charge in [-0.2, -0.15) is 4.98 Å². The Morgan fingerprint density at radius 1 is 1.14 bits per heavy atom. The fraction of sp³-hybridized carbons (Fsp3) is 0.286. The zero-order valence-electron chi connectivity index (χ0n) is 16.5. The van der Waals surface area contributed by atoms with Gasteiger partial charge >= 0.3 is 0 Å². The van der Waals surface area contributed by atoms with Crippen molar-refractivity contribution in [2.75, 3.05) is 21.3 Å². The van der Waals surface area contributed by atoms with Crippen molar-refractivity contribution in [3.63, 3.8) is 0 Å². The van der Waals surface area contributed by atoms with E-state index in [1.54, 1.807) is 44.4 Å². The predicted molar refractivity (Wildman–Crippen MR) is 109 cm³/mol. The molecule has 1 heterocycles. The molecule has 0 fully saturated rings. The van der Waals surface area contributed by atoms with Crippen LogP contribution in [0, 0.1) is 0 Å². The van der Waals surface area contributed by atoms with E-state index in [4.69, 9.17) is 25.6 Å². The first-order valence-corrected chi connectivity index (χ1v) is 9.41. The number of carbonyl (C=O) groups is 1. The zero-order valence-corrected chi connectivity index (χ0v) is 17.3. The molecule has 0 radical (unpaired) electrons. The summed E-state index contributed by atoms with van der Waals surface area (Å²) in [4.78, 5) is 18.5. The van der Waals surface area contributed by atoms with Crippen LogP contribution in [0.4, 0.5) is 0 Å². The zero-order chi connectivity index (χ0) is 20.8. The largest absolute Gasteiger partial charge is 0.497 e. The number of aryl methyl sites for hydroxylation is 1. The quantitative estimate of drug-likeness (QED) is 0.553. The molecule has 0 N–H and O–H groups in total. The average Bonchev–Trinajstić information content (AvgIpc) is 3.21. The summed E-state index contributed by atoms with van der Waals surface area (Å²) in [6.07, 6.45) is 0.614. The van der Waals surface area contributed by atoms with Gasteiger partial charge in [0.15, 0.2) is 0 Å². The highest BCUT2D eigenvalue weighted by molar-refractivity contribution is 6.30. The molecule has 3 aromatic rings. The summed E-state index contributed by atoms with van der Waals surface area (Å²) in [6.45, 7) is 0.392. The van der Waals surface area contributed by atoms with E-state index < -0.39 is 0 Å². The normalized spacial score (nSPS) is 10.6. The minimum absolute atomic E-state index is 0.0452. The van der Waals surface area contributed by atoms with Crippen molar-refractivity contribution >= 4 is 17.5 Å². The van der Waals surface area contributed by atoms with Crippen LogP contribution < -0.4 is 9.47 Å². The fourth-order valence-electron chi connectivity index (χ4n) is 2.83. The minimum Gasteiger partial charge on any atom is -0.497 e. The number of nitrogens with zero attached hydrogens (tertiary/aromatic N) is 3. The summed E-state index contributed by atoms with van der Waals surface area (Å²) in [5.41, 5.74) is 1.66. The van der Waals surface area contributed by atoms with Crippen LogP contribution in [0.2, 0.25) is 5.02 Å². The third-order valence-corrected chi connectivity index (χ3v) is 4.68. The highest BCUT2D eigenvalue weighted by Gasteiger charge is 2.15. The third kappa shape index (κ3) is 5.26. The number of hydrogen-bond acceptors (Lipinski definition) is 6. The van der Waals surface area contributed by atoms with Crippen LogP contribution in [0.25, 0.3) is 11.4 Å². The van der Waals surface area contributed by atoms with E-state index in [9.17, 15) is 4.79 Å². The maximum Gasteiger partial charge on any atom is 0.227 e. The number of carbonyl (C=O) groups excluding carboxylic acids is 1. The molecule has 0 aliphatic carbocycles. The lowest BCUT2D eigenvalue weighted by atomic mass is 10.1. The predicted octanol–water partition coefficient (Wildman–Crippen LogP) is 4.00. The van der Waals surface area contributed by atoms with Crippen LogP contribution in [0.5, 0.6) is 11.5 Å². The van der Waals surface area contributed by atoms with Crippen molar-refractivity contribution in [2.24, 2.45) is 0 Å². The van der Waals surface area contributed by atoms with Crippen molar-refractivity contribution in [1.82, 2.24) is 15.0 Å². The second-order valence-corrected chi connectivity index (χ2v) is 6.88. The summed E-state index contributed by atoms with van der Waals surface area (Å²) in [7, 11) is 4.93. The number of halogens is 1. The van der Waals surface area contributed by atoms with E-state index in [2.05, 4.69) is 10.1 Å². The van der Waals surface area contributed by atoms with E-state index in [0.29, 0.717) is 35.5 Å². The molecule has 7 nitrogen and oxygen atoms in total. The average molecular weight is 416 g/mol. The topological polar surface area (TPSA) is 77.7 Å². The molecule has 0 aliphatic heterocycles. The Morgan fingerprint density at radius 2 is 1.90 bits per heavy atom. The summed E-state index contributed by atoms with van der Waals surface area (Å²) in [5, 5.41) is 4.58. The molecule has 8 heteroatoms. The second-order valence-electron chi connectivity index (χ2n) is 6.45. The van der Waals surface area contributed by atoms with E-state index in [1.807, 2.05) is 24.3 Å². The van der Waals surface area contributed by atoms with Crippen molar-refractivity contribution in [2.45, 2.75) is 19.4 Å². The van der Waals surface area contributed by atoms with Gasteiger partial charge in [0.1, 0.15) is 11.5 Å². The Hall–Kier alpha value is -3.06. The molecule has 0 aliphatic rings. The molecule has 0 atom stereocenters. The second kappa shape index (κ2) is 9.43. The van der Waals surface area contributed by atoms with Crippen molar-refractivity contribution in [3.8, 4) is 22.9 Å². The first kappa shape index (κ1) is 20.7. The van der Waals surface area contributed by atoms with Gasteiger partial charge in [-0.15, -0.1) is 0 Å². The summed E-state index contributed by atoms with van der Waals surface area (Å²) in [6, 6.07) is 12.7. The Bertz CT molecular complexity index is 972. The monoisotopic (exact) mass is 415 g/mol. The number of benzene rings is 2. The molecule has 0 spiro atoms. The highest BCUT2D eigenvalue weighted by Crippen LogP contribution is 2.24. The van der Waals surface area contributed by atoms with E-state index in [1.165, 1.54) is 0 Å². The van der Waals surface area contributed by atoms with Gasteiger partial charge in [-0.05, 0) is 42.5 Å². The molecular formula is C21H22ClN3O4. The summed E-state index contributed by atoms with van der Waals surface area (Å²) in [5.74, 6) is 2.29. The smallest absolute Gasteiger partial charge is 0.227 e. The van der Waals surface area contributed by atoms with Crippen molar-refractivity contribution in [3.05, 3.63) is 58.9 Å². The van der Waals surface area contributed by atoms with Crippen LogP contribution in [-0.4, -0.2) is 42.2 Å². The molecular weight excluding hydrogens is 394 g/mol. The molecule has 1 aromatic heterocycles. The number of hydrogen-bond donors (Lipinski definition) is 0. The van der Waals surface area contributed by atoms with Gasteiger partial charge in [-0.3, -0.25) is 4.79 Å². The molecule has 0 bridgehead atoms. The van der Waals surface area contributed by atoms with Crippen LogP contribution in [-0.2, 0) is 17.8 Å². The van der Waals surface area contributed by atoms with Crippen molar-refractivity contribution < 1.29 is 18.8 Å². The third-order valence-electron chi connectivity index (χ3n) is 4.44. The minimum atomic E-state index is -0.0452. The number of ether oxygens (including phenoxy) is 2. The maximum absolute atomic E-state index is 12.5. The van der Waals surface area contributed by atoms with Crippen LogP contribution in [0.1, 0.15) is 17.9 Å². The van der Waals surface area contributed by atoms with E-state index in [0.717, 1.165) is 16.9 Å². The van der Waals surface area contributed by atoms with E-state index in [-0.39, 0.29) is 12.3 Å². The Labute approximate surface area is 174 Å². The van der Waals surface area contributed by atoms with Gasteiger partial charge in [-0.1, -0.05) is 16.8 Å². The molecule has 0 saturated heterocycles. The number of aromatic nitrogens is 2. The number of rotatable bonds is 8. The van der Waals surface area contributed by atoms with Gasteiger partial charge in [0, 0.05) is 42.6 Å². The Balaban J connectivity index is 1.58. The van der Waals surface area contributed by atoms with Gasteiger partial charge in [0.05, 0.1) is 14.2 Å². The molecule has 152 valence electrons. The maximum atomic E-state index is 12.5. The standard InChI is InChI=1S/C21H22ClN3O4/c1-25(13-15-12-16(22)6-9-18(15)28-3)20(26)11-10-19-23-21(24-29-19)14-4-7-17(27-2)8-5-14/h4-9,12H,10-11,13H2,1-3H3. The summed E-state index contributed by atoms with van der Waals surface area (Å²) < 4.78 is 15.7. The molecule has 29 heavy (non-hydrogen) atoms. The lowest BCUT2D eigenvalue weighted by Crippen LogP contribution is -2.26. The molecule has 1 amide bonds. The number of methoxy groups -OCH3 is 2. The molecule has 2 aromatic carbocycles. The first-order chi connectivity index (χ1) is 14.0. The van der Waals surface area contributed by atoms with E-state index >= 15 is 0 Å². The van der Waals surface area contributed by atoms with Gasteiger partial charge in [0.2, 0.25) is 17.6 Å². The van der Waals surface area contributed by atoms with Gasteiger partial charge in [-0.25, -0.2) is 0 Å². The first-order valence-electron chi connectivity index (χ1n) is 9.03. The molecule has 3 rings (SSSR count). The van der Waals surface area contributed by atoms with Gasteiger partial charge < -0.3 is 18.9 Å². The SMILES string of the molecule is COc1ccc(-c2noc(CCC(=O)N(C)Cc3cc(Cl)ccc3OC)n2)cc1. The molecule has 0 saturated carbocycles. The van der Waals surface area contributed by atoms with Crippen LogP contribution >= 0.6 is 11.6 Å². The Morgan fingerprint density at radius 3 is 2.59 bits per heavy atom. The lowest BCUT2D eigenvalue weighted by molar-refractivity contribution is -0.130. The lowest BCUT2D eigenvalue weighted by Gasteiger charge is -2.18. The fourth-order valence-corrected chi connectivity index (χ4v) is 3.03. The highest BCUT2D eigenvalue weighted by atomic mass is 35.5. The molecule has 0 unspecified atom stereocenters. The van der Waals surface area contributed by atoms with Crippen molar-refractivity contribution in [1.29, 1.82) is 0 Å². The van der Waals surface area contributed by atoms with Gasteiger partial charge in [0.25, 0.3) is 0 Å². The van der Waals surface area contributed by atoms with Crippen LogP contribution in [0.15, 0.2) is 47.0 Å². The van der Waals surface area contributed by atoms with Crippen LogP contribution in [0.3, 0.4) is 0 Å². The Kier molecular flexibility index (Phi) is 6.72. The number of amides is 1. The summed E-state index contributed by atoms with van der Waals surface area (Å²) >= 11 is 6.05.